The molecule has 0 saturated carbocycles. The van der Waals surface area contributed by atoms with Gasteiger partial charge in [0.15, 0.2) is 0 Å². The van der Waals surface area contributed by atoms with Crippen LogP contribution in [0.4, 0.5) is 0 Å². The number of carbonyl (C=O) groups excluding carboxylic acids is 4. The van der Waals surface area contributed by atoms with Gasteiger partial charge in [0.2, 0.25) is 0 Å². The van der Waals surface area contributed by atoms with E-state index in [2.05, 4.69) is 25.3 Å². The Morgan fingerprint density at radius 2 is 1.03 bits per heavy atom. The first-order valence-electron chi connectivity index (χ1n) is 27.2. The average molecular weight is 1090 g/mol. The highest BCUT2D eigenvalue weighted by Crippen LogP contribution is 2.29. The summed E-state index contributed by atoms with van der Waals surface area (Å²) in [4.78, 5) is 47.8. The second-order valence-electron chi connectivity index (χ2n) is 21.2. The van der Waals surface area contributed by atoms with E-state index in [1.165, 1.54) is 19.4 Å². The Morgan fingerprint density at radius 1 is 0.654 bits per heavy atom. The van der Waals surface area contributed by atoms with Gasteiger partial charge >= 0.3 is 23.9 Å². The largest absolute Gasteiger partial charge is 0.457 e. The summed E-state index contributed by atoms with van der Waals surface area (Å²) in [6.07, 6.45) is 15.2. The standard InChI is InChI=1S/C30H42O7.C20H30O6.C12H16O.C2H6/c1-21(10-9-17-29(4,34)18-15-24-11-7-6-8-12-24)28-22(2)13-14-26(36-23(3)31)30(5,35)19-16-25(32)20-27(33)37-28;1-6-7-13(2)19-14(3)8-9-17(25-15(4)21)20(5,24)11-10-16(22)12-18(23)26-19;1-3-12(2,13)10-9-11-7-5-4-6-8-11;1-2/h6-14,17,22,25-26,28,32,34-35H,15-16,18-20H2,1-5H3;6-9,14,16-17,19,22,24H,1,10-12H2,2-5H3;3-8,13H,1,9-10H2,2H3;1-2H3/b14-13+,17-9+,21-10+;9-8+,13-7+;;/t22-,25+,26-,28+,29-,30+;14-,16+,17-,19+,20+;12-;/m000./s1. The van der Waals surface area contributed by atoms with E-state index in [1.807, 2.05) is 90.1 Å². The molecule has 0 aromatic heterocycles. The minimum absolute atomic E-state index is 0.134. The van der Waals surface area contributed by atoms with Crippen molar-refractivity contribution in [2.24, 2.45) is 11.8 Å². The van der Waals surface area contributed by atoms with Gasteiger partial charge in [0.25, 0.3) is 0 Å². The van der Waals surface area contributed by atoms with E-state index in [1.54, 1.807) is 88.5 Å². The van der Waals surface area contributed by atoms with Crippen LogP contribution in [0.5, 0.6) is 0 Å². The van der Waals surface area contributed by atoms with Crippen molar-refractivity contribution in [1.29, 1.82) is 0 Å². The fourth-order valence-electron chi connectivity index (χ4n) is 8.31. The number of cyclic esters (lactones) is 2. The Bertz CT molecular complexity index is 2290. The Morgan fingerprint density at radius 3 is 1.38 bits per heavy atom. The number of carbonyl (C=O) groups is 4. The summed E-state index contributed by atoms with van der Waals surface area (Å²) in [5.41, 5.74) is -0.602. The third-order valence-electron chi connectivity index (χ3n) is 13.3. The molecule has 6 N–H and O–H groups in total. The molecule has 0 radical (unpaired) electrons. The molecule has 0 spiro atoms. The maximum absolute atomic E-state index is 12.6. The zero-order chi connectivity index (χ0) is 59.3. The molecule has 0 unspecified atom stereocenters. The number of benzene rings is 2. The molecule has 434 valence electrons. The molecule has 2 aliphatic heterocycles. The van der Waals surface area contributed by atoms with E-state index in [4.69, 9.17) is 18.9 Å². The zero-order valence-electron chi connectivity index (χ0n) is 48.6. The highest BCUT2D eigenvalue weighted by Gasteiger charge is 2.37. The van der Waals surface area contributed by atoms with Crippen LogP contribution in [0.25, 0.3) is 0 Å². The average Bonchev–Trinajstić information content (AvgIpc) is 3.38. The molecular weight excluding hydrogens is 993 g/mol. The first-order chi connectivity index (χ1) is 36.5. The predicted molar refractivity (Wildman–Crippen MR) is 308 cm³/mol. The van der Waals surface area contributed by atoms with Gasteiger partial charge in [-0.1, -0.05) is 144 Å². The lowest BCUT2D eigenvalue weighted by molar-refractivity contribution is -0.158. The molecule has 2 aliphatic rings. The maximum Gasteiger partial charge on any atom is 0.309 e. The lowest BCUT2D eigenvalue weighted by Gasteiger charge is -2.32. The first kappa shape index (κ1) is 70.3. The van der Waals surface area contributed by atoms with Crippen molar-refractivity contribution >= 4 is 23.9 Å². The zero-order valence-corrected chi connectivity index (χ0v) is 48.6. The highest BCUT2D eigenvalue weighted by molar-refractivity contribution is 5.71. The van der Waals surface area contributed by atoms with Crippen LogP contribution in [0.1, 0.15) is 146 Å². The van der Waals surface area contributed by atoms with Crippen LogP contribution < -0.4 is 0 Å². The molecule has 0 fully saturated rings. The Balaban J connectivity index is 0.000000640. The van der Waals surface area contributed by atoms with E-state index in [0.29, 0.717) is 6.42 Å². The number of aliphatic hydroxyl groups is 6. The summed E-state index contributed by atoms with van der Waals surface area (Å²) in [5, 5.41) is 62.5. The summed E-state index contributed by atoms with van der Waals surface area (Å²) < 4.78 is 21.9. The van der Waals surface area contributed by atoms with E-state index >= 15 is 0 Å². The van der Waals surface area contributed by atoms with Gasteiger partial charge in [-0.25, -0.2) is 0 Å². The summed E-state index contributed by atoms with van der Waals surface area (Å²) in [5.74, 6) is -2.64. The number of aryl methyl sites for hydroxylation is 2. The van der Waals surface area contributed by atoms with Gasteiger partial charge in [-0.3, -0.25) is 19.2 Å². The fourth-order valence-corrected chi connectivity index (χ4v) is 8.31. The van der Waals surface area contributed by atoms with E-state index in [-0.39, 0.29) is 50.4 Å². The summed E-state index contributed by atoms with van der Waals surface area (Å²) in [7, 11) is 0. The van der Waals surface area contributed by atoms with Crippen molar-refractivity contribution in [2.45, 2.75) is 206 Å². The van der Waals surface area contributed by atoms with Crippen molar-refractivity contribution in [3.8, 4) is 0 Å². The first-order valence-corrected chi connectivity index (χ1v) is 27.2. The molecule has 14 nitrogen and oxygen atoms in total. The topological polar surface area (TPSA) is 227 Å². The molecular formula is C64H94O14. The normalized spacial score (nSPS) is 28.8. The van der Waals surface area contributed by atoms with Crippen molar-refractivity contribution in [3.05, 3.63) is 157 Å². The summed E-state index contributed by atoms with van der Waals surface area (Å²) in [6, 6.07) is 20.1. The number of hydrogen-bond donors (Lipinski definition) is 6. The molecule has 4 rings (SSSR count). The van der Waals surface area contributed by atoms with Crippen LogP contribution in [0.2, 0.25) is 0 Å². The molecule has 14 heteroatoms. The van der Waals surface area contributed by atoms with Gasteiger partial charge in [0.05, 0.1) is 36.3 Å². The van der Waals surface area contributed by atoms with Crippen molar-refractivity contribution < 1.29 is 68.8 Å². The monoisotopic (exact) mass is 1090 g/mol. The molecule has 0 aliphatic carbocycles. The van der Waals surface area contributed by atoms with Gasteiger partial charge in [-0.2, -0.15) is 0 Å². The van der Waals surface area contributed by atoms with Crippen LogP contribution in [-0.4, -0.2) is 114 Å². The molecule has 2 heterocycles. The van der Waals surface area contributed by atoms with Crippen molar-refractivity contribution in [3.63, 3.8) is 0 Å². The van der Waals surface area contributed by atoms with Gasteiger partial charge < -0.3 is 49.6 Å². The van der Waals surface area contributed by atoms with E-state index in [9.17, 15) is 49.8 Å². The molecule has 12 atom stereocenters. The number of ether oxygens (including phenoxy) is 4. The number of esters is 4. The number of aliphatic hydroxyl groups excluding tert-OH is 2. The third-order valence-corrected chi connectivity index (χ3v) is 13.3. The predicted octanol–water partition coefficient (Wildman–Crippen LogP) is 10.2. The third kappa shape index (κ3) is 28.2. The van der Waals surface area contributed by atoms with E-state index in [0.717, 1.165) is 36.0 Å². The Hall–Kier alpha value is -5.74. The molecule has 0 bridgehead atoms. The highest BCUT2D eigenvalue weighted by atomic mass is 16.6. The van der Waals surface area contributed by atoms with Crippen LogP contribution in [0.3, 0.4) is 0 Å². The summed E-state index contributed by atoms with van der Waals surface area (Å²) >= 11 is 0. The lowest BCUT2D eigenvalue weighted by atomic mass is 9.88. The Kier molecular flexibility index (Phi) is 31.5. The number of hydrogen-bond acceptors (Lipinski definition) is 14. The fraction of sp³-hybridized carbons (Fsp3) is 0.531. The van der Waals surface area contributed by atoms with Gasteiger partial charge in [0.1, 0.15) is 35.6 Å². The second-order valence-corrected chi connectivity index (χ2v) is 21.2. The van der Waals surface area contributed by atoms with Gasteiger partial charge in [0, 0.05) is 25.7 Å². The Labute approximate surface area is 466 Å². The van der Waals surface area contributed by atoms with Crippen LogP contribution >= 0.6 is 0 Å². The SMILES string of the molecule is C=C/C=C(\C)[C@H]1OC(=O)C[C@H](O)CC[C@@](C)(O)[C@@H](OC(C)=O)/C=C/[C@@H]1C.C=C[C@](C)(O)CCc1ccccc1.CC.CC(=O)O[C@H]1/C=C/[C@H](C)[C@@H](/C(C)=C/C=C/[C@](C)(O)CCc2ccccc2)OC(=O)C[C@H](O)CC[C@@]1(C)O. The van der Waals surface area contributed by atoms with Crippen molar-refractivity contribution in [2.75, 3.05) is 0 Å². The quantitative estimate of drug-likeness (QED) is 0.0448. The lowest BCUT2D eigenvalue weighted by Crippen LogP contribution is -2.42. The van der Waals surface area contributed by atoms with Crippen LogP contribution in [-0.2, 0) is 51.0 Å². The maximum atomic E-state index is 12.6. The van der Waals surface area contributed by atoms with Crippen LogP contribution in [0, 0.1) is 11.8 Å². The smallest absolute Gasteiger partial charge is 0.309 e. The molecule has 2 aromatic rings. The summed E-state index contributed by atoms with van der Waals surface area (Å²) in [6.45, 7) is 27.8. The van der Waals surface area contributed by atoms with Crippen LogP contribution in [0.15, 0.2) is 146 Å². The molecule has 78 heavy (non-hydrogen) atoms. The molecule has 0 amide bonds. The van der Waals surface area contributed by atoms with Gasteiger partial charge in [-0.05, 0) is 127 Å². The number of rotatable bonds is 14. The molecule has 0 saturated heterocycles. The molecule has 2 aromatic carbocycles. The van der Waals surface area contributed by atoms with Gasteiger partial charge in [-0.15, -0.1) is 6.58 Å². The van der Waals surface area contributed by atoms with Crippen molar-refractivity contribution in [1.82, 2.24) is 0 Å². The van der Waals surface area contributed by atoms with E-state index < -0.39 is 82.9 Å². The second kappa shape index (κ2) is 35.0. The minimum Gasteiger partial charge on any atom is -0.457 e. The number of allylic oxidation sites excluding steroid dienone is 4. The minimum atomic E-state index is -1.42.